The first kappa shape index (κ1) is 25.0. The second-order valence-corrected chi connectivity index (χ2v) is 9.45. The van der Waals surface area contributed by atoms with Crippen LogP contribution in [0.25, 0.3) is 16.9 Å². The summed E-state index contributed by atoms with van der Waals surface area (Å²) in [5, 5.41) is 6.07. The predicted octanol–water partition coefficient (Wildman–Crippen LogP) is 5.83. The summed E-state index contributed by atoms with van der Waals surface area (Å²) in [6, 6.07) is 22.4. The zero-order valence-corrected chi connectivity index (χ0v) is 22.0. The molecule has 1 aliphatic heterocycles. The normalized spacial score (nSPS) is 13.5. The minimum absolute atomic E-state index is 0.106. The van der Waals surface area contributed by atoms with Crippen LogP contribution < -0.4 is 14.4 Å². The molecule has 1 aromatic heterocycles. The minimum Gasteiger partial charge on any atom is -0.497 e. The van der Waals surface area contributed by atoms with Crippen molar-refractivity contribution < 1.29 is 14.3 Å². The Morgan fingerprint density at radius 1 is 0.865 bits per heavy atom. The smallest absolute Gasteiger partial charge is 0.272 e. The second-order valence-electron chi connectivity index (χ2n) is 8.60. The highest BCUT2D eigenvalue weighted by Gasteiger charge is 2.27. The predicted molar refractivity (Wildman–Crippen MR) is 147 cm³/mol. The molecular formula is C28H26Cl2N4O3. The van der Waals surface area contributed by atoms with Crippen LogP contribution in [-0.4, -0.2) is 61.0 Å². The van der Waals surface area contributed by atoms with Gasteiger partial charge in [0.25, 0.3) is 5.91 Å². The maximum atomic E-state index is 13.8. The van der Waals surface area contributed by atoms with Crippen LogP contribution >= 0.6 is 23.2 Å². The molecule has 0 bridgehead atoms. The summed E-state index contributed by atoms with van der Waals surface area (Å²) < 4.78 is 12.6. The second kappa shape index (κ2) is 10.7. The number of anilines is 1. The van der Waals surface area contributed by atoms with Gasteiger partial charge in [-0.1, -0.05) is 41.4 Å². The van der Waals surface area contributed by atoms with Crippen molar-refractivity contribution >= 4 is 34.8 Å². The summed E-state index contributed by atoms with van der Waals surface area (Å²) in [6.45, 7) is 2.48. The van der Waals surface area contributed by atoms with Gasteiger partial charge >= 0.3 is 0 Å². The van der Waals surface area contributed by atoms with E-state index in [9.17, 15) is 4.79 Å². The fourth-order valence-electron chi connectivity index (χ4n) is 4.50. The molecule has 4 aromatic rings. The average molecular weight is 537 g/mol. The van der Waals surface area contributed by atoms with E-state index in [-0.39, 0.29) is 5.91 Å². The number of aromatic nitrogens is 2. The maximum absolute atomic E-state index is 13.8. The van der Waals surface area contributed by atoms with Gasteiger partial charge in [-0.05, 0) is 48.5 Å². The molecule has 1 amide bonds. The van der Waals surface area contributed by atoms with Crippen molar-refractivity contribution in [2.24, 2.45) is 0 Å². The third-order valence-corrected chi connectivity index (χ3v) is 6.98. The highest BCUT2D eigenvalue weighted by Crippen LogP contribution is 2.34. The molecule has 1 aliphatic rings. The zero-order valence-electron chi connectivity index (χ0n) is 20.5. The van der Waals surface area contributed by atoms with Crippen molar-refractivity contribution in [2.75, 3.05) is 45.3 Å². The van der Waals surface area contributed by atoms with Gasteiger partial charge in [0.2, 0.25) is 0 Å². The molecule has 9 heteroatoms. The van der Waals surface area contributed by atoms with Gasteiger partial charge in [-0.25, -0.2) is 4.68 Å². The maximum Gasteiger partial charge on any atom is 0.272 e. The fraction of sp³-hybridized carbons (Fsp3) is 0.214. The zero-order chi connectivity index (χ0) is 25.9. The summed E-state index contributed by atoms with van der Waals surface area (Å²) in [7, 11) is 3.20. The van der Waals surface area contributed by atoms with Crippen LogP contribution in [-0.2, 0) is 0 Å². The number of piperazine rings is 1. The molecule has 0 aliphatic carbocycles. The van der Waals surface area contributed by atoms with Crippen molar-refractivity contribution in [3.8, 4) is 28.4 Å². The van der Waals surface area contributed by atoms with E-state index in [2.05, 4.69) is 4.90 Å². The molecule has 1 saturated heterocycles. The Morgan fingerprint density at radius 3 is 2.35 bits per heavy atom. The summed E-state index contributed by atoms with van der Waals surface area (Å²) in [4.78, 5) is 17.9. The highest BCUT2D eigenvalue weighted by molar-refractivity contribution is 6.33. The molecule has 190 valence electrons. The number of para-hydroxylation sites is 1. The SMILES string of the molecule is COc1ccc(-c2cc(C(=O)N3CCN(c4ccccc4Cl)CC3)n(-c3cccc(Cl)c3)n2)c(OC)c1. The number of amides is 1. The van der Waals surface area contributed by atoms with Gasteiger partial charge < -0.3 is 19.3 Å². The molecule has 37 heavy (non-hydrogen) atoms. The molecule has 0 atom stereocenters. The van der Waals surface area contributed by atoms with Crippen LogP contribution in [0, 0.1) is 0 Å². The fourth-order valence-corrected chi connectivity index (χ4v) is 4.94. The molecule has 0 radical (unpaired) electrons. The third-order valence-electron chi connectivity index (χ3n) is 6.43. The number of rotatable bonds is 6. The van der Waals surface area contributed by atoms with Crippen LogP contribution in [0.2, 0.25) is 10.0 Å². The Morgan fingerprint density at radius 2 is 1.65 bits per heavy atom. The van der Waals surface area contributed by atoms with Crippen molar-refractivity contribution in [1.29, 1.82) is 0 Å². The molecule has 2 heterocycles. The Hall–Kier alpha value is -3.68. The van der Waals surface area contributed by atoms with E-state index in [0.29, 0.717) is 64.8 Å². The number of hydrogen-bond donors (Lipinski definition) is 0. The number of halogens is 2. The molecule has 5 rings (SSSR count). The number of methoxy groups -OCH3 is 2. The van der Waals surface area contributed by atoms with Crippen molar-refractivity contribution in [2.45, 2.75) is 0 Å². The summed E-state index contributed by atoms with van der Waals surface area (Å²) in [6.07, 6.45) is 0. The van der Waals surface area contributed by atoms with E-state index < -0.39 is 0 Å². The molecule has 3 aromatic carbocycles. The average Bonchev–Trinajstić information content (AvgIpc) is 3.38. The van der Waals surface area contributed by atoms with Gasteiger partial charge in [0.05, 0.1) is 36.3 Å². The van der Waals surface area contributed by atoms with Crippen molar-refractivity contribution in [3.63, 3.8) is 0 Å². The Bertz CT molecular complexity index is 1430. The molecule has 0 N–H and O–H groups in total. The topological polar surface area (TPSA) is 59.8 Å². The molecule has 7 nitrogen and oxygen atoms in total. The lowest BCUT2D eigenvalue weighted by molar-refractivity contribution is 0.0737. The largest absolute Gasteiger partial charge is 0.497 e. The van der Waals surface area contributed by atoms with Crippen molar-refractivity contribution in [3.05, 3.63) is 88.5 Å². The third kappa shape index (κ3) is 5.10. The summed E-state index contributed by atoms with van der Waals surface area (Å²) in [5.41, 5.74) is 3.49. The Labute approximate surface area is 225 Å². The lowest BCUT2D eigenvalue weighted by Gasteiger charge is -2.36. The number of nitrogens with zero attached hydrogens (tertiary/aromatic N) is 4. The lowest BCUT2D eigenvalue weighted by Crippen LogP contribution is -2.49. The monoisotopic (exact) mass is 536 g/mol. The van der Waals surface area contributed by atoms with E-state index >= 15 is 0 Å². The molecule has 0 spiro atoms. The van der Waals surface area contributed by atoms with Crippen LogP contribution in [0.3, 0.4) is 0 Å². The molecular weight excluding hydrogens is 511 g/mol. The number of carbonyl (C=O) groups excluding carboxylic acids is 1. The van der Waals surface area contributed by atoms with Gasteiger partial charge in [-0.15, -0.1) is 0 Å². The first-order valence-electron chi connectivity index (χ1n) is 11.9. The standard InChI is InChI=1S/C28H26Cl2N4O3/c1-36-21-10-11-22(27(17-21)37-2)24-18-26(34(31-24)20-7-5-6-19(29)16-20)28(35)33-14-12-32(13-15-33)25-9-4-3-8-23(25)30/h3-11,16-18H,12-15H2,1-2H3. The van der Waals surface area contributed by atoms with Crippen LogP contribution in [0.15, 0.2) is 72.8 Å². The molecule has 0 unspecified atom stereocenters. The van der Waals surface area contributed by atoms with Crippen LogP contribution in [0.5, 0.6) is 11.5 Å². The van der Waals surface area contributed by atoms with Crippen molar-refractivity contribution in [1.82, 2.24) is 14.7 Å². The van der Waals surface area contributed by atoms with Gasteiger partial charge in [-0.3, -0.25) is 4.79 Å². The van der Waals surface area contributed by atoms with E-state index in [1.807, 2.05) is 53.4 Å². The highest BCUT2D eigenvalue weighted by atomic mass is 35.5. The van der Waals surface area contributed by atoms with Gasteiger partial charge in [0.1, 0.15) is 17.2 Å². The quantitative estimate of drug-likeness (QED) is 0.310. The Balaban J connectivity index is 1.48. The van der Waals surface area contributed by atoms with E-state index in [0.717, 1.165) is 11.3 Å². The number of ether oxygens (including phenoxy) is 2. The van der Waals surface area contributed by atoms with Crippen LogP contribution in [0.4, 0.5) is 5.69 Å². The minimum atomic E-state index is -0.106. The van der Waals surface area contributed by atoms with Crippen LogP contribution in [0.1, 0.15) is 10.5 Å². The first-order valence-corrected chi connectivity index (χ1v) is 12.6. The van der Waals surface area contributed by atoms with E-state index in [4.69, 9.17) is 37.8 Å². The Kier molecular flexibility index (Phi) is 7.26. The van der Waals surface area contributed by atoms with E-state index in [1.54, 1.807) is 43.2 Å². The van der Waals surface area contributed by atoms with Gasteiger partial charge in [-0.2, -0.15) is 5.10 Å². The van der Waals surface area contributed by atoms with Gasteiger partial charge in [0, 0.05) is 42.8 Å². The molecule has 1 fully saturated rings. The summed E-state index contributed by atoms with van der Waals surface area (Å²) >= 11 is 12.7. The lowest BCUT2D eigenvalue weighted by atomic mass is 10.1. The summed E-state index contributed by atoms with van der Waals surface area (Å²) in [5.74, 6) is 1.16. The molecule has 0 saturated carbocycles. The first-order chi connectivity index (χ1) is 18.0. The number of carbonyl (C=O) groups is 1. The van der Waals surface area contributed by atoms with E-state index in [1.165, 1.54) is 0 Å². The number of hydrogen-bond acceptors (Lipinski definition) is 5. The van der Waals surface area contributed by atoms with Gasteiger partial charge in [0.15, 0.2) is 0 Å². The number of benzene rings is 3.